The molecule has 0 saturated heterocycles. The van der Waals surface area contributed by atoms with Gasteiger partial charge < -0.3 is 9.90 Å². The largest absolute Gasteiger partial charge is 0.390 e. The second-order valence-corrected chi connectivity index (χ2v) is 5.27. The second kappa shape index (κ2) is 3.41. The first kappa shape index (κ1) is 10.7. The van der Waals surface area contributed by atoms with Gasteiger partial charge in [-0.15, -0.1) is 0 Å². The van der Waals surface area contributed by atoms with Crippen LogP contribution in [0.3, 0.4) is 0 Å². The number of rotatable bonds is 5. The normalized spacial score (nSPS) is 33.1. The molecule has 1 rings (SSSR count). The van der Waals surface area contributed by atoms with E-state index in [9.17, 15) is 9.90 Å². The summed E-state index contributed by atoms with van der Waals surface area (Å²) in [7, 11) is 0. The van der Waals surface area contributed by atoms with Crippen molar-refractivity contribution in [3.63, 3.8) is 0 Å². The van der Waals surface area contributed by atoms with Crippen LogP contribution in [0.4, 0.5) is 0 Å². The maximum Gasteiger partial charge on any atom is 0.123 e. The van der Waals surface area contributed by atoms with Crippen molar-refractivity contribution in [3.8, 4) is 0 Å². The minimum atomic E-state index is -0.554. The average Bonchev–Trinajstić information content (AvgIpc) is 2.59. The summed E-state index contributed by atoms with van der Waals surface area (Å²) in [6.45, 7) is 5.83. The molecule has 2 atom stereocenters. The molecular weight excluding hydrogens is 164 g/mol. The molecule has 0 heterocycles. The number of hydrogen-bond acceptors (Lipinski definition) is 2. The molecule has 2 nitrogen and oxygen atoms in total. The summed E-state index contributed by atoms with van der Waals surface area (Å²) in [6, 6.07) is 0. The zero-order valence-electron chi connectivity index (χ0n) is 8.84. The molecule has 1 aliphatic rings. The van der Waals surface area contributed by atoms with Gasteiger partial charge in [0, 0.05) is 5.92 Å². The van der Waals surface area contributed by atoms with E-state index in [1.807, 2.05) is 13.8 Å². The van der Waals surface area contributed by atoms with Gasteiger partial charge in [0.2, 0.25) is 0 Å². The maximum atomic E-state index is 10.5. The summed E-state index contributed by atoms with van der Waals surface area (Å²) in [6.07, 6.45) is 5.03. The van der Waals surface area contributed by atoms with E-state index in [2.05, 4.69) is 6.92 Å². The van der Waals surface area contributed by atoms with Gasteiger partial charge in [0.25, 0.3) is 0 Å². The molecule has 0 bridgehead atoms. The Morgan fingerprint density at radius 1 is 1.62 bits per heavy atom. The zero-order valence-corrected chi connectivity index (χ0v) is 8.84. The quantitative estimate of drug-likeness (QED) is 0.665. The van der Waals surface area contributed by atoms with Crippen molar-refractivity contribution in [2.75, 3.05) is 0 Å². The maximum absolute atomic E-state index is 10.5. The first-order chi connectivity index (χ1) is 5.87. The Morgan fingerprint density at radius 3 is 2.62 bits per heavy atom. The lowest BCUT2D eigenvalue weighted by atomic mass is 9.94. The molecular formula is C11H20O2. The molecule has 0 aromatic carbocycles. The Kier molecular flexibility index (Phi) is 2.81. The lowest BCUT2D eigenvalue weighted by Gasteiger charge is -2.18. The first-order valence-corrected chi connectivity index (χ1v) is 5.05. The number of carbonyl (C=O) groups excluding carboxylic acids is 1. The topological polar surface area (TPSA) is 37.3 Å². The van der Waals surface area contributed by atoms with Crippen molar-refractivity contribution in [2.24, 2.45) is 11.3 Å². The van der Waals surface area contributed by atoms with Gasteiger partial charge in [-0.2, -0.15) is 0 Å². The summed E-state index contributed by atoms with van der Waals surface area (Å²) >= 11 is 0. The van der Waals surface area contributed by atoms with Crippen molar-refractivity contribution < 1.29 is 9.90 Å². The monoisotopic (exact) mass is 184 g/mol. The highest BCUT2D eigenvalue weighted by molar-refractivity contribution is 5.59. The summed E-state index contributed by atoms with van der Waals surface area (Å²) in [4.78, 5) is 10.5. The summed E-state index contributed by atoms with van der Waals surface area (Å²) in [5.41, 5.74) is -0.297. The molecule has 1 saturated carbocycles. The van der Waals surface area contributed by atoms with Crippen LogP contribution in [0.25, 0.3) is 0 Å². The molecule has 0 amide bonds. The average molecular weight is 184 g/mol. The Balaban J connectivity index is 2.18. The van der Waals surface area contributed by atoms with Crippen LogP contribution in [0.15, 0.2) is 0 Å². The fraction of sp³-hybridized carbons (Fsp3) is 0.909. The number of carbonyl (C=O) groups is 1. The minimum Gasteiger partial charge on any atom is -0.390 e. The van der Waals surface area contributed by atoms with Crippen LogP contribution < -0.4 is 0 Å². The van der Waals surface area contributed by atoms with Crippen LogP contribution in [0, 0.1) is 11.3 Å². The van der Waals surface area contributed by atoms with E-state index in [0.29, 0.717) is 0 Å². The van der Waals surface area contributed by atoms with E-state index in [-0.39, 0.29) is 11.3 Å². The van der Waals surface area contributed by atoms with Crippen LogP contribution in [-0.4, -0.2) is 17.0 Å². The van der Waals surface area contributed by atoms with Crippen LogP contribution in [-0.2, 0) is 4.79 Å². The van der Waals surface area contributed by atoms with Gasteiger partial charge in [0.05, 0.1) is 5.60 Å². The predicted octanol–water partition coefficient (Wildman–Crippen LogP) is 2.15. The van der Waals surface area contributed by atoms with Crippen molar-refractivity contribution >= 4 is 6.29 Å². The van der Waals surface area contributed by atoms with Gasteiger partial charge in [0.1, 0.15) is 6.29 Å². The van der Waals surface area contributed by atoms with Gasteiger partial charge in [0.15, 0.2) is 0 Å². The van der Waals surface area contributed by atoms with E-state index in [1.165, 1.54) is 0 Å². The highest BCUT2D eigenvalue weighted by Gasteiger charge is 2.48. The fourth-order valence-corrected chi connectivity index (χ4v) is 1.87. The molecule has 1 N–H and O–H groups in total. The van der Waals surface area contributed by atoms with Crippen LogP contribution in [0.2, 0.25) is 0 Å². The molecule has 1 aliphatic carbocycles. The minimum absolute atomic E-state index is 0.257. The Bertz CT molecular complexity index is 193. The second-order valence-electron chi connectivity index (χ2n) is 5.27. The highest BCUT2D eigenvalue weighted by Crippen LogP contribution is 2.54. The highest BCUT2D eigenvalue weighted by atomic mass is 16.3. The standard InChI is InChI=1S/C11H20O2/c1-10(2,13)5-4-6-11(3)7-9(11)8-12/h8-9,13H,4-7H2,1-3H3/t9-,11?/m1/s1. The smallest absolute Gasteiger partial charge is 0.123 e. The Morgan fingerprint density at radius 2 is 2.23 bits per heavy atom. The Hall–Kier alpha value is -0.370. The lowest BCUT2D eigenvalue weighted by molar-refractivity contribution is -0.109. The molecule has 1 fully saturated rings. The molecule has 2 heteroatoms. The van der Waals surface area contributed by atoms with E-state index in [4.69, 9.17) is 0 Å². The molecule has 76 valence electrons. The third-order valence-corrected chi connectivity index (χ3v) is 3.12. The van der Waals surface area contributed by atoms with Gasteiger partial charge in [-0.3, -0.25) is 0 Å². The number of aliphatic hydroxyl groups is 1. The zero-order chi connectivity index (χ0) is 10.1. The molecule has 1 unspecified atom stereocenters. The lowest BCUT2D eigenvalue weighted by Crippen LogP contribution is -2.18. The first-order valence-electron chi connectivity index (χ1n) is 5.05. The Labute approximate surface area is 80.3 Å². The van der Waals surface area contributed by atoms with Crippen molar-refractivity contribution in [1.82, 2.24) is 0 Å². The fourth-order valence-electron chi connectivity index (χ4n) is 1.87. The van der Waals surface area contributed by atoms with E-state index in [1.54, 1.807) is 0 Å². The van der Waals surface area contributed by atoms with Crippen molar-refractivity contribution in [1.29, 1.82) is 0 Å². The molecule has 0 aromatic rings. The van der Waals surface area contributed by atoms with Crippen LogP contribution in [0.5, 0.6) is 0 Å². The summed E-state index contributed by atoms with van der Waals surface area (Å²) in [5.74, 6) is 0.286. The van der Waals surface area contributed by atoms with Gasteiger partial charge in [-0.25, -0.2) is 0 Å². The van der Waals surface area contributed by atoms with Crippen molar-refractivity contribution in [3.05, 3.63) is 0 Å². The molecule has 0 spiro atoms. The third kappa shape index (κ3) is 3.11. The molecule has 0 aromatic heterocycles. The van der Waals surface area contributed by atoms with E-state index < -0.39 is 5.60 Å². The molecule has 0 aliphatic heterocycles. The number of aldehydes is 1. The van der Waals surface area contributed by atoms with Crippen LogP contribution >= 0.6 is 0 Å². The predicted molar refractivity (Wildman–Crippen MR) is 52.4 cm³/mol. The third-order valence-electron chi connectivity index (χ3n) is 3.12. The SMILES string of the molecule is CC(C)(O)CCCC1(C)C[C@@H]1C=O. The van der Waals surface area contributed by atoms with E-state index >= 15 is 0 Å². The van der Waals surface area contributed by atoms with E-state index in [0.717, 1.165) is 32.0 Å². The van der Waals surface area contributed by atoms with Gasteiger partial charge in [-0.1, -0.05) is 13.3 Å². The summed E-state index contributed by atoms with van der Waals surface area (Å²) < 4.78 is 0. The number of hydrogen-bond donors (Lipinski definition) is 1. The van der Waals surface area contributed by atoms with Crippen molar-refractivity contribution in [2.45, 2.75) is 52.1 Å². The summed E-state index contributed by atoms with van der Waals surface area (Å²) in [5, 5.41) is 9.49. The van der Waals surface area contributed by atoms with Crippen LogP contribution in [0.1, 0.15) is 46.5 Å². The molecule has 13 heavy (non-hydrogen) atoms. The molecule has 0 radical (unpaired) electrons. The van der Waals surface area contributed by atoms with Gasteiger partial charge >= 0.3 is 0 Å². The van der Waals surface area contributed by atoms with Gasteiger partial charge in [-0.05, 0) is 38.5 Å².